The number of esters is 1. The molecule has 7 heteroatoms. The Morgan fingerprint density at radius 2 is 1.31 bits per heavy atom. The van der Waals surface area contributed by atoms with Gasteiger partial charge in [0.1, 0.15) is 5.76 Å². The van der Waals surface area contributed by atoms with E-state index in [1.807, 2.05) is 0 Å². The third-order valence-corrected chi connectivity index (χ3v) is 5.83. The van der Waals surface area contributed by atoms with Crippen molar-refractivity contribution in [1.82, 2.24) is 0 Å². The maximum atomic E-state index is 12.8. The molecule has 152 valence electrons. The molecule has 0 amide bonds. The molecule has 0 N–H and O–H groups in total. The first kappa shape index (κ1) is 23.2. The molecule has 0 heterocycles. The largest absolute Gasteiger partial charge is 0.529 e. The molecule has 1 rings (SSSR count). The van der Waals surface area contributed by atoms with Gasteiger partial charge in [-0.25, -0.2) is 9.36 Å². The van der Waals surface area contributed by atoms with E-state index in [9.17, 15) is 9.36 Å². The van der Waals surface area contributed by atoms with Crippen molar-refractivity contribution in [2.24, 2.45) is 0 Å². The second kappa shape index (κ2) is 13.3. The van der Waals surface area contributed by atoms with E-state index in [2.05, 4.69) is 0 Å². The van der Waals surface area contributed by atoms with Crippen LogP contribution in [-0.2, 0) is 27.7 Å². The van der Waals surface area contributed by atoms with Crippen LogP contribution in [0.3, 0.4) is 0 Å². The summed E-state index contributed by atoms with van der Waals surface area (Å²) in [6.07, 6.45) is 9.78. The van der Waals surface area contributed by atoms with Crippen molar-refractivity contribution >= 4 is 13.8 Å². The molecule has 0 unspecified atom stereocenters. The second-order valence-electron chi connectivity index (χ2n) is 6.32. The number of phosphoric acid groups is 1. The molecule has 0 fully saturated rings. The van der Waals surface area contributed by atoms with Gasteiger partial charge in [-0.2, -0.15) is 0 Å². The SMILES string of the molecule is CCOC(=O)/C1=C(\OP(=O)(OCC)OCC)CCCCCCCCCC1. The number of hydrogen-bond donors (Lipinski definition) is 0. The fourth-order valence-corrected chi connectivity index (χ4v) is 4.30. The average Bonchev–Trinajstić information content (AvgIpc) is 2.58. The van der Waals surface area contributed by atoms with Crippen molar-refractivity contribution in [3.8, 4) is 0 Å². The van der Waals surface area contributed by atoms with E-state index in [1.165, 1.54) is 19.3 Å². The van der Waals surface area contributed by atoms with E-state index in [4.69, 9.17) is 18.3 Å². The summed E-state index contributed by atoms with van der Waals surface area (Å²) in [6, 6.07) is 0. The molecule has 0 aromatic heterocycles. The molecule has 0 spiro atoms. The van der Waals surface area contributed by atoms with Gasteiger partial charge in [0.05, 0.1) is 25.4 Å². The molecule has 26 heavy (non-hydrogen) atoms. The fraction of sp³-hybridized carbons (Fsp3) is 0.842. The van der Waals surface area contributed by atoms with Gasteiger partial charge < -0.3 is 9.26 Å². The first-order chi connectivity index (χ1) is 12.6. The van der Waals surface area contributed by atoms with Crippen molar-refractivity contribution in [2.45, 2.75) is 85.0 Å². The predicted molar refractivity (Wildman–Crippen MR) is 102 cm³/mol. The monoisotopic (exact) mass is 390 g/mol. The number of carbonyl (C=O) groups excluding carboxylic acids is 1. The minimum absolute atomic E-state index is 0.208. The second-order valence-corrected chi connectivity index (χ2v) is 7.92. The first-order valence-electron chi connectivity index (χ1n) is 10.0. The van der Waals surface area contributed by atoms with Crippen molar-refractivity contribution in [3.05, 3.63) is 11.3 Å². The number of phosphoric ester groups is 1. The van der Waals surface area contributed by atoms with Crippen molar-refractivity contribution in [1.29, 1.82) is 0 Å². The summed E-state index contributed by atoms with van der Waals surface area (Å²) in [6.45, 7) is 5.95. The Hall–Kier alpha value is -0.840. The summed E-state index contributed by atoms with van der Waals surface area (Å²) >= 11 is 0. The molecule has 0 saturated heterocycles. The molecule has 0 aliphatic heterocycles. The van der Waals surface area contributed by atoms with Crippen LogP contribution in [0.2, 0.25) is 0 Å². The number of ether oxygens (including phenoxy) is 1. The van der Waals surface area contributed by atoms with Gasteiger partial charge in [-0.15, -0.1) is 0 Å². The molecule has 6 nitrogen and oxygen atoms in total. The Labute approximate surface area is 158 Å². The molecular formula is C19H35O6P. The molecule has 1 aliphatic rings. The maximum Gasteiger partial charge on any atom is 0.529 e. The van der Waals surface area contributed by atoms with Gasteiger partial charge in [0.25, 0.3) is 0 Å². The van der Waals surface area contributed by atoms with Crippen LogP contribution in [-0.4, -0.2) is 25.8 Å². The molecule has 1 aliphatic carbocycles. The Balaban J connectivity index is 3.11. The van der Waals surface area contributed by atoms with Crippen LogP contribution < -0.4 is 0 Å². The number of hydrogen-bond acceptors (Lipinski definition) is 6. The van der Waals surface area contributed by atoms with Crippen LogP contribution >= 0.6 is 7.82 Å². The highest BCUT2D eigenvalue weighted by molar-refractivity contribution is 7.48. The lowest BCUT2D eigenvalue weighted by atomic mass is 9.99. The normalized spacial score (nSPS) is 20.7. The zero-order chi connectivity index (χ0) is 19.3. The predicted octanol–water partition coefficient (Wildman–Crippen LogP) is 5.92. The van der Waals surface area contributed by atoms with Gasteiger partial charge in [-0.1, -0.05) is 38.5 Å². The van der Waals surface area contributed by atoms with E-state index >= 15 is 0 Å². The molecule has 0 saturated carbocycles. The summed E-state index contributed by atoms with van der Waals surface area (Å²) in [5.41, 5.74) is 0.479. The van der Waals surface area contributed by atoms with E-state index in [0.29, 0.717) is 30.8 Å². The first-order valence-corrected chi connectivity index (χ1v) is 11.5. The summed E-state index contributed by atoms with van der Waals surface area (Å²) in [7, 11) is -3.73. The van der Waals surface area contributed by atoms with Crippen molar-refractivity contribution < 1.29 is 27.7 Å². The average molecular weight is 390 g/mol. The van der Waals surface area contributed by atoms with Gasteiger partial charge in [0.15, 0.2) is 0 Å². The fourth-order valence-electron chi connectivity index (χ4n) is 3.01. The van der Waals surface area contributed by atoms with Gasteiger partial charge in [-0.05, 0) is 40.0 Å². The molecular weight excluding hydrogens is 355 g/mol. The van der Waals surface area contributed by atoms with Gasteiger partial charge in [0.2, 0.25) is 0 Å². The highest BCUT2D eigenvalue weighted by Gasteiger charge is 2.31. The summed E-state index contributed by atoms with van der Waals surface area (Å²) in [5, 5.41) is 0. The lowest BCUT2D eigenvalue weighted by Gasteiger charge is -2.22. The van der Waals surface area contributed by atoms with Crippen LogP contribution in [0, 0.1) is 0 Å². The van der Waals surface area contributed by atoms with Gasteiger partial charge >= 0.3 is 13.8 Å². The van der Waals surface area contributed by atoms with E-state index in [0.717, 1.165) is 32.1 Å². The highest BCUT2D eigenvalue weighted by Crippen LogP contribution is 2.52. The number of allylic oxidation sites excluding steroid dienone is 1. The van der Waals surface area contributed by atoms with Crippen LogP contribution in [0.4, 0.5) is 0 Å². The van der Waals surface area contributed by atoms with Gasteiger partial charge in [0, 0.05) is 6.42 Å². The highest BCUT2D eigenvalue weighted by atomic mass is 31.2. The zero-order valence-electron chi connectivity index (χ0n) is 16.6. The van der Waals surface area contributed by atoms with Crippen LogP contribution in [0.25, 0.3) is 0 Å². The molecule has 0 radical (unpaired) electrons. The Morgan fingerprint density at radius 3 is 1.81 bits per heavy atom. The third-order valence-electron chi connectivity index (χ3n) is 4.24. The van der Waals surface area contributed by atoms with Crippen molar-refractivity contribution in [3.63, 3.8) is 0 Å². The zero-order valence-corrected chi connectivity index (χ0v) is 17.5. The Morgan fingerprint density at radius 1 is 0.808 bits per heavy atom. The van der Waals surface area contributed by atoms with Crippen LogP contribution in [0.5, 0.6) is 0 Å². The lowest BCUT2D eigenvalue weighted by molar-refractivity contribution is -0.138. The Kier molecular flexibility index (Phi) is 11.9. The maximum absolute atomic E-state index is 12.8. The third kappa shape index (κ3) is 8.70. The topological polar surface area (TPSA) is 71.1 Å². The molecule has 0 aromatic carbocycles. The van der Waals surface area contributed by atoms with Crippen LogP contribution in [0.15, 0.2) is 11.3 Å². The van der Waals surface area contributed by atoms with Gasteiger partial charge in [-0.3, -0.25) is 9.05 Å². The smallest absolute Gasteiger partial charge is 0.463 e. The standard InChI is InChI=1S/C19H35O6P/c1-4-22-19(20)17-15-13-11-9-7-8-10-12-14-16-18(17)25-26(21,23-5-2)24-6-3/h4-16H2,1-3H3/b18-17-. The quantitative estimate of drug-likeness (QED) is 0.379. The minimum Gasteiger partial charge on any atom is -0.463 e. The lowest BCUT2D eigenvalue weighted by Crippen LogP contribution is -2.13. The van der Waals surface area contributed by atoms with Crippen molar-refractivity contribution in [2.75, 3.05) is 19.8 Å². The van der Waals surface area contributed by atoms with E-state index < -0.39 is 7.82 Å². The summed E-state index contributed by atoms with van der Waals surface area (Å²) < 4.78 is 34.3. The summed E-state index contributed by atoms with van der Waals surface area (Å²) in [5.74, 6) is 0.0216. The van der Waals surface area contributed by atoms with E-state index in [1.54, 1.807) is 20.8 Å². The summed E-state index contributed by atoms with van der Waals surface area (Å²) in [4.78, 5) is 12.5. The number of rotatable bonds is 8. The Bertz CT molecular complexity index is 478. The molecule has 0 atom stereocenters. The van der Waals surface area contributed by atoms with E-state index in [-0.39, 0.29) is 19.2 Å². The minimum atomic E-state index is -3.73. The molecule has 0 aromatic rings. The molecule has 0 bridgehead atoms. The van der Waals surface area contributed by atoms with Crippen LogP contribution in [0.1, 0.15) is 85.0 Å². The number of carbonyl (C=O) groups is 1.